The molecule has 2 aromatic carbocycles. The molecule has 0 fully saturated rings. The molecule has 47 heavy (non-hydrogen) atoms. The van der Waals surface area contributed by atoms with Crippen LogP contribution in [0.4, 0.5) is 11.4 Å². The number of esters is 1. The number of imidazole rings is 1. The molecule has 4 rings (SSSR count). The molecule has 0 aliphatic carbocycles. The number of nitrogens with zero attached hydrogens (tertiary/aromatic N) is 3. The van der Waals surface area contributed by atoms with Crippen molar-refractivity contribution in [1.82, 2.24) is 14.7 Å². The number of anilines is 2. The van der Waals surface area contributed by atoms with E-state index in [1.165, 1.54) is 11.0 Å². The van der Waals surface area contributed by atoms with Gasteiger partial charge in [0.15, 0.2) is 11.4 Å². The number of fused-ring (bicyclic) bond motifs is 1. The van der Waals surface area contributed by atoms with E-state index in [0.29, 0.717) is 38.9 Å². The predicted octanol–water partition coefficient (Wildman–Crippen LogP) is 6.14. The highest BCUT2D eigenvalue weighted by atomic mass is 79.9. The van der Waals surface area contributed by atoms with Gasteiger partial charge in [0.1, 0.15) is 11.2 Å². The maximum Gasteiger partial charge on any atom is 0.330 e. The zero-order chi connectivity index (χ0) is 34.1. The summed E-state index contributed by atoms with van der Waals surface area (Å²) in [5, 5.41) is 5.78. The van der Waals surface area contributed by atoms with E-state index in [1.54, 1.807) is 62.5 Å². The van der Waals surface area contributed by atoms with E-state index in [9.17, 15) is 19.2 Å². The molecule has 0 radical (unpaired) electrons. The summed E-state index contributed by atoms with van der Waals surface area (Å²) in [6.07, 6.45) is 6.82. The number of halogens is 3. The number of likely N-dealkylation sites (N-methyl/N-ethyl adjacent to an activating group) is 1. The highest BCUT2D eigenvalue weighted by Crippen LogP contribution is 2.35. The lowest BCUT2D eigenvalue weighted by Crippen LogP contribution is -2.37. The van der Waals surface area contributed by atoms with Gasteiger partial charge >= 0.3 is 5.97 Å². The van der Waals surface area contributed by atoms with Gasteiger partial charge in [-0.25, -0.2) is 9.78 Å². The Labute approximate surface area is 289 Å². The van der Waals surface area contributed by atoms with Gasteiger partial charge in [0.2, 0.25) is 17.7 Å². The van der Waals surface area contributed by atoms with Crippen molar-refractivity contribution in [3.8, 4) is 5.75 Å². The maximum atomic E-state index is 13.0. The van der Waals surface area contributed by atoms with Crippen LogP contribution in [0.2, 0.25) is 10.0 Å². The standard InChI is InChI=1S/C33H30BrCl2N5O6/c1-4-46-30(45)16-15-28(43)39-22-10-7-21(8-11-22)9-14-27(42)37-18-29(44)40(3)25-13-12-24(35)23(31(25)36)19-47-26-6-5-17-41-32(34)20(2)38-33(26)41/h5-17H,4,18-19H2,1-3H3,(H,37,42)(H,39,43)/b14-9?,16-15+. The van der Waals surface area contributed by atoms with Gasteiger partial charge in [-0.05, 0) is 77.8 Å². The summed E-state index contributed by atoms with van der Waals surface area (Å²) < 4.78 is 13.4. The first kappa shape index (κ1) is 35.2. The number of nitrogens with one attached hydrogen (secondary N) is 2. The first-order chi connectivity index (χ1) is 22.5. The Morgan fingerprint density at radius 3 is 2.49 bits per heavy atom. The third-order valence-corrected chi connectivity index (χ3v) is 8.40. The van der Waals surface area contributed by atoms with Crippen LogP contribution in [0.5, 0.6) is 5.75 Å². The van der Waals surface area contributed by atoms with Crippen LogP contribution >= 0.6 is 39.1 Å². The predicted molar refractivity (Wildman–Crippen MR) is 185 cm³/mol. The third kappa shape index (κ3) is 9.22. The third-order valence-electron chi connectivity index (χ3n) is 6.66. The molecular weight excluding hydrogens is 713 g/mol. The fourth-order valence-electron chi connectivity index (χ4n) is 4.21. The number of pyridine rings is 1. The molecule has 3 amide bonds. The quantitative estimate of drug-likeness (QED) is 0.132. The number of carbonyl (C=O) groups excluding carboxylic acids is 4. The second-order valence-corrected chi connectivity index (χ2v) is 11.4. The second kappa shape index (κ2) is 16.3. The number of hydrogen-bond donors (Lipinski definition) is 2. The van der Waals surface area contributed by atoms with Gasteiger partial charge < -0.3 is 25.0 Å². The Balaban J connectivity index is 1.31. The van der Waals surface area contributed by atoms with Gasteiger partial charge in [0, 0.05) is 47.7 Å². The minimum absolute atomic E-state index is 0.0259. The first-order valence-electron chi connectivity index (χ1n) is 14.2. The van der Waals surface area contributed by atoms with E-state index in [2.05, 4.69) is 31.5 Å². The van der Waals surface area contributed by atoms with Crippen LogP contribution in [0.3, 0.4) is 0 Å². The SMILES string of the molecule is CCOC(=O)/C=C/C(=O)Nc1ccc(C=CC(=O)NCC(=O)N(C)c2ccc(Cl)c(COc3cccn4c(Br)c(C)nc34)c2Cl)cc1. The van der Waals surface area contributed by atoms with Crippen molar-refractivity contribution in [1.29, 1.82) is 0 Å². The van der Waals surface area contributed by atoms with E-state index >= 15 is 0 Å². The van der Waals surface area contributed by atoms with Crippen molar-refractivity contribution >= 4 is 85.9 Å². The fraction of sp³-hybridized carbons (Fsp3) is 0.182. The molecule has 244 valence electrons. The molecule has 2 aromatic heterocycles. The molecule has 4 aromatic rings. The summed E-state index contributed by atoms with van der Waals surface area (Å²) in [4.78, 5) is 54.5. The lowest BCUT2D eigenvalue weighted by Gasteiger charge is -2.21. The average Bonchev–Trinajstić information content (AvgIpc) is 3.35. The van der Waals surface area contributed by atoms with Crippen LogP contribution in [0.1, 0.15) is 23.7 Å². The largest absolute Gasteiger partial charge is 0.485 e. The number of aryl methyl sites for hydroxylation is 1. The topological polar surface area (TPSA) is 131 Å². The highest BCUT2D eigenvalue weighted by Gasteiger charge is 2.20. The molecule has 0 atom stereocenters. The number of amides is 3. The van der Waals surface area contributed by atoms with E-state index in [4.69, 9.17) is 32.7 Å². The fourth-order valence-corrected chi connectivity index (χ4v) is 5.19. The minimum atomic E-state index is -0.608. The van der Waals surface area contributed by atoms with Crippen molar-refractivity contribution in [2.24, 2.45) is 0 Å². The highest BCUT2D eigenvalue weighted by molar-refractivity contribution is 9.10. The average molecular weight is 743 g/mol. The number of ether oxygens (including phenoxy) is 2. The minimum Gasteiger partial charge on any atom is -0.485 e. The Morgan fingerprint density at radius 2 is 1.77 bits per heavy atom. The van der Waals surface area contributed by atoms with Crippen molar-refractivity contribution < 1.29 is 28.7 Å². The molecule has 11 nitrogen and oxygen atoms in total. The molecule has 14 heteroatoms. The number of carbonyl (C=O) groups is 4. The summed E-state index contributed by atoms with van der Waals surface area (Å²) >= 11 is 16.7. The summed E-state index contributed by atoms with van der Waals surface area (Å²) in [5.41, 5.74) is 3.49. The molecule has 0 spiro atoms. The Hall–Kier alpha value is -4.65. The van der Waals surface area contributed by atoms with Gasteiger partial charge in [0.25, 0.3) is 0 Å². The summed E-state index contributed by atoms with van der Waals surface area (Å²) in [6, 6.07) is 13.5. The molecule has 0 saturated carbocycles. The van der Waals surface area contributed by atoms with Gasteiger partial charge in [-0.15, -0.1) is 0 Å². The van der Waals surface area contributed by atoms with Crippen molar-refractivity contribution in [3.63, 3.8) is 0 Å². The second-order valence-electron chi connectivity index (χ2n) is 9.90. The zero-order valence-corrected chi connectivity index (χ0v) is 28.6. The van der Waals surface area contributed by atoms with Crippen LogP contribution in [0.15, 0.2) is 77.6 Å². The lowest BCUT2D eigenvalue weighted by molar-refractivity contribution is -0.137. The number of hydrogen-bond acceptors (Lipinski definition) is 7. The number of aromatic nitrogens is 2. The smallest absolute Gasteiger partial charge is 0.330 e. The Bertz CT molecular complexity index is 1870. The molecule has 0 saturated heterocycles. The van der Waals surface area contributed by atoms with Gasteiger partial charge in [-0.2, -0.15) is 0 Å². The van der Waals surface area contributed by atoms with Crippen LogP contribution in [0.25, 0.3) is 11.7 Å². The molecule has 0 unspecified atom stereocenters. The molecule has 0 bridgehead atoms. The van der Waals surface area contributed by atoms with Crippen molar-refractivity contribution in [3.05, 3.63) is 104 Å². The van der Waals surface area contributed by atoms with Crippen molar-refractivity contribution in [2.75, 3.05) is 30.4 Å². The Morgan fingerprint density at radius 1 is 1.02 bits per heavy atom. The van der Waals surface area contributed by atoms with Gasteiger partial charge in [-0.3, -0.25) is 18.8 Å². The van der Waals surface area contributed by atoms with Crippen LogP contribution in [-0.2, 0) is 30.5 Å². The number of rotatable bonds is 12. The normalized spacial score (nSPS) is 11.2. The first-order valence-corrected chi connectivity index (χ1v) is 15.7. The van der Waals surface area contributed by atoms with Crippen molar-refractivity contribution in [2.45, 2.75) is 20.5 Å². The van der Waals surface area contributed by atoms with E-state index in [-0.39, 0.29) is 24.8 Å². The molecular formula is C33H30BrCl2N5O6. The lowest BCUT2D eigenvalue weighted by atomic mass is 10.2. The summed E-state index contributed by atoms with van der Waals surface area (Å²) in [7, 11) is 1.54. The zero-order valence-electron chi connectivity index (χ0n) is 25.6. The Kier molecular flexibility index (Phi) is 12.2. The van der Waals surface area contributed by atoms with E-state index < -0.39 is 23.7 Å². The maximum absolute atomic E-state index is 13.0. The molecule has 0 aliphatic heterocycles. The van der Waals surface area contributed by atoms with Crippen LogP contribution in [-0.4, -0.2) is 53.3 Å². The molecule has 2 heterocycles. The molecule has 0 aliphatic rings. The van der Waals surface area contributed by atoms with E-state index in [1.807, 2.05) is 23.6 Å². The van der Waals surface area contributed by atoms with Gasteiger partial charge in [-0.1, -0.05) is 35.3 Å². The van der Waals surface area contributed by atoms with Crippen LogP contribution in [0, 0.1) is 6.92 Å². The monoisotopic (exact) mass is 741 g/mol. The summed E-state index contributed by atoms with van der Waals surface area (Å²) in [6.45, 7) is 3.50. The summed E-state index contributed by atoms with van der Waals surface area (Å²) in [5.74, 6) is -1.47. The van der Waals surface area contributed by atoms with E-state index in [0.717, 1.165) is 22.4 Å². The molecule has 2 N–H and O–H groups in total. The number of benzene rings is 2. The van der Waals surface area contributed by atoms with Crippen LogP contribution < -0.4 is 20.3 Å². The van der Waals surface area contributed by atoms with Gasteiger partial charge in [0.05, 0.1) is 29.6 Å².